The predicted octanol–water partition coefficient (Wildman–Crippen LogP) is -1.62. The van der Waals surface area contributed by atoms with Crippen molar-refractivity contribution < 1.29 is 39.6 Å². The maximum Gasteiger partial charge on any atom is 0.321 e. The zero-order valence-corrected chi connectivity index (χ0v) is 17.8. The quantitative estimate of drug-likeness (QED) is 0.103. The molecule has 16 heteroatoms. The summed E-state index contributed by atoms with van der Waals surface area (Å²) in [5, 5.41) is 33.6. The highest BCUT2D eigenvalue weighted by molar-refractivity contribution is 8.77. The van der Waals surface area contributed by atoms with E-state index >= 15 is 0 Å². The van der Waals surface area contributed by atoms with Crippen molar-refractivity contribution in [1.82, 2.24) is 0 Å². The molecular weight excluding hydrogens is 456 g/mol. The molecule has 0 heterocycles. The maximum atomic E-state index is 10.3. The lowest BCUT2D eigenvalue weighted by molar-refractivity contribution is -0.138. The number of aliphatic carboxylic acids is 4. The normalized spacial score (nSPS) is 14.7. The van der Waals surface area contributed by atoms with Gasteiger partial charge >= 0.3 is 23.9 Å². The van der Waals surface area contributed by atoms with Gasteiger partial charge in [-0.3, -0.25) is 19.2 Å². The van der Waals surface area contributed by atoms with Crippen LogP contribution in [0.1, 0.15) is 0 Å². The van der Waals surface area contributed by atoms with Crippen LogP contribution in [-0.2, 0) is 19.2 Å². The van der Waals surface area contributed by atoms with Gasteiger partial charge in [0.2, 0.25) is 0 Å². The van der Waals surface area contributed by atoms with Crippen LogP contribution in [0.5, 0.6) is 0 Å². The van der Waals surface area contributed by atoms with Crippen molar-refractivity contribution in [2.24, 2.45) is 22.9 Å². The Morgan fingerprint density at radius 1 is 0.500 bits per heavy atom. The smallest absolute Gasteiger partial charge is 0.321 e. The fourth-order valence-corrected chi connectivity index (χ4v) is 5.23. The van der Waals surface area contributed by atoms with Gasteiger partial charge in [0.05, 0.1) is 0 Å². The Labute approximate surface area is 176 Å². The third-order valence-corrected chi connectivity index (χ3v) is 7.37. The average Bonchev–Trinajstić information content (AvgIpc) is 2.61. The van der Waals surface area contributed by atoms with E-state index in [-0.39, 0.29) is 23.0 Å². The van der Waals surface area contributed by atoms with Crippen LogP contribution < -0.4 is 22.9 Å². The monoisotopic (exact) mass is 480 g/mol. The first-order valence-corrected chi connectivity index (χ1v) is 12.3. The summed E-state index contributed by atoms with van der Waals surface area (Å²) >= 11 is 0. The van der Waals surface area contributed by atoms with Crippen molar-refractivity contribution in [2.45, 2.75) is 24.2 Å². The van der Waals surface area contributed by atoms with Crippen molar-refractivity contribution >= 4 is 67.1 Å². The zero-order valence-electron chi connectivity index (χ0n) is 14.5. The van der Waals surface area contributed by atoms with Gasteiger partial charge in [0.25, 0.3) is 0 Å². The lowest BCUT2D eigenvalue weighted by Gasteiger charge is -2.07. The topological polar surface area (TPSA) is 253 Å². The minimum absolute atomic E-state index is 0.229. The maximum absolute atomic E-state index is 10.3. The van der Waals surface area contributed by atoms with Gasteiger partial charge in [-0.15, -0.1) is 0 Å². The molecule has 12 N–H and O–H groups in total. The summed E-state index contributed by atoms with van der Waals surface area (Å²) in [6.07, 6.45) is 0. The lowest BCUT2D eigenvalue weighted by Crippen LogP contribution is -2.33. The highest BCUT2D eigenvalue weighted by Crippen LogP contribution is 2.22. The Hall–Kier alpha value is -0.880. The van der Waals surface area contributed by atoms with Crippen LogP contribution in [0.2, 0.25) is 0 Å². The molecular formula is C12H24N4O8S4. The molecule has 0 aromatic rings. The first-order chi connectivity index (χ1) is 12.9. The molecule has 0 saturated carbocycles. The van der Waals surface area contributed by atoms with E-state index in [2.05, 4.69) is 0 Å². The molecule has 0 aromatic carbocycles. The molecule has 0 aliphatic carbocycles. The van der Waals surface area contributed by atoms with Crippen molar-refractivity contribution in [3.05, 3.63) is 0 Å². The van der Waals surface area contributed by atoms with Gasteiger partial charge in [0.15, 0.2) is 0 Å². The number of carbonyl (C=O) groups is 4. The van der Waals surface area contributed by atoms with Crippen LogP contribution >= 0.6 is 43.2 Å². The van der Waals surface area contributed by atoms with E-state index in [9.17, 15) is 19.2 Å². The molecule has 0 aromatic heterocycles. The van der Waals surface area contributed by atoms with Crippen molar-refractivity contribution in [3.63, 3.8) is 0 Å². The molecule has 4 atom stereocenters. The number of carboxylic acids is 4. The highest BCUT2D eigenvalue weighted by Gasteiger charge is 2.15. The third kappa shape index (κ3) is 17.2. The van der Waals surface area contributed by atoms with Gasteiger partial charge in [-0.05, 0) is 0 Å². The Morgan fingerprint density at radius 2 is 0.643 bits per heavy atom. The SMILES string of the molecule is NC(CSSCC(N)C(=O)O)C(=O)O.NC(CSSC[C@H](N)C(=O)O)C(=O)O. The molecule has 0 saturated heterocycles. The number of hydrogen-bond donors (Lipinski definition) is 8. The molecule has 164 valence electrons. The molecule has 3 unspecified atom stereocenters. The van der Waals surface area contributed by atoms with Crippen molar-refractivity contribution in [2.75, 3.05) is 23.0 Å². The molecule has 0 radical (unpaired) electrons. The van der Waals surface area contributed by atoms with Crippen molar-refractivity contribution in [3.8, 4) is 0 Å². The van der Waals surface area contributed by atoms with E-state index in [1.807, 2.05) is 0 Å². The number of carboxylic acid groups (broad SMARTS) is 4. The zero-order chi connectivity index (χ0) is 22.3. The van der Waals surface area contributed by atoms with Gasteiger partial charge in [-0.2, -0.15) is 0 Å². The minimum Gasteiger partial charge on any atom is -0.480 e. The molecule has 0 fully saturated rings. The van der Waals surface area contributed by atoms with Crippen LogP contribution in [0, 0.1) is 0 Å². The van der Waals surface area contributed by atoms with Gasteiger partial charge in [-0.25, -0.2) is 0 Å². The molecule has 0 rings (SSSR count). The molecule has 0 aliphatic heterocycles. The summed E-state index contributed by atoms with van der Waals surface area (Å²) in [4.78, 5) is 41.1. The van der Waals surface area contributed by atoms with Crippen LogP contribution in [0.25, 0.3) is 0 Å². The number of rotatable bonds is 14. The number of hydrogen-bond acceptors (Lipinski definition) is 12. The Kier molecular flexibility index (Phi) is 17.8. The molecule has 0 spiro atoms. The van der Waals surface area contributed by atoms with E-state index < -0.39 is 48.0 Å². The van der Waals surface area contributed by atoms with Crippen LogP contribution in [0.15, 0.2) is 0 Å². The predicted molar refractivity (Wildman–Crippen MR) is 112 cm³/mol. The first kappa shape index (κ1) is 29.3. The molecule has 12 nitrogen and oxygen atoms in total. The Balaban J connectivity index is 0. The number of nitrogens with two attached hydrogens (primary N) is 4. The first-order valence-electron chi connectivity index (χ1n) is 7.32. The van der Waals surface area contributed by atoms with E-state index in [1.54, 1.807) is 0 Å². The summed E-state index contributed by atoms with van der Waals surface area (Å²) in [6, 6.07) is -3.69. The van der Waals surface area contributed by atoms with E-state index in [1.165, 1.54) is 43.2 Å². The summed E-state index contributed by atoms with van der Waals surface area (Å²) in [5.41, 5.74) is 20.8. The summed E-state index contributed by atoms with van der Waals surface area (Å²) in [5.74, 6) is -3.36. The molecule has 0 bridgehead atoms. The fourth-order valence-electron chi connectivity index (χ4n) is 0.771. The second-order valence-electron chi connectivity index (χ2n) is 4.92. The van der Waals surface area contributed by atoms with Crippen LogP contribution in [0.3, 0.4) is 0 Å². The second kappa shape index (κ2) is 17.0. The second-order valence-corrected chi connectivity index (χ2v) is 10.0. The third-order valence-electron chi connectivity index (χ3n) is 2.43. The van der Waals surface area contributed by atoms with Crippen LogP contribution in [0.4, 0.5) is 0 Å². The summed E-state index contributed by atoms with van der Waals surface area (Å²) < 4.78 is 0. The fraction of sp³-hybridized carbons (Fsp3) is 0.667. The molecule has 0 aliphatic rings. The molecule has 0 amide bonds. The highest BCUT2D eigenvalue weighted by atomic mass is 33.1. The van der Waals surface area contributed by atoms with Gasteiger partial charge in [-0.1, -0.05) is 43.2 Å². The van der Waals surface area contributed by atoms with Crippen molar-refractivity contribution in [1.29, 1.82) is 0 Å². The van der Waals surface area contributed by atoms with E-state index in [4.69, 9.17) is 43.4 Å². The largest absolute Gasteiger partial charge is 0.480 e. The van der Waals surface area contributed by atoms with Gasteiger partial charge in [0, 0.05) is 23.0 Å². The average molecular weight is 481 g/mol. The minimum atomic E-state index is -1.07. The Morgan fingerprint density at radius 3 is 0.750 bits per heavy atom. The van der Waals surface area contributed by atoms with E-state index in [0.29, 0.717) is 0 Å². The van der Waals surface area contributed by atoms with Gasteiger partial charge in [0.1, 0.15) is 24.2 Å². The standard InChI is InChI=1S/2C6H12N2O4S2/c2*7-3(5(9)10)1-13-14-2-4(8)6(11)12/h2*3-4H,1-2,7-8H2,(H,9,10)(H,11,12)/t3-,4?;/m0./s1. The summed E-state index contributed by atoms with van der Waals surface area (Å²) in [7, 11) is 4.81. The lowest BCUT2D eigenvalue weighted by atomic mass is 10.4. The van der Waals surface area contributed by atoms with Crippen LogP contribution in [-0.4, -0.2) is 91.5 Å². The Bertz CT molecular complexity index is 428. The molecule has 28 heavy (non-hydrogen) atoms. The van der Waals surface area contributed by atoms with E-state index in [0.717, 1.165) is 0 Å². The summed E-state index contributed by atoms with van der Waals surface area (Å²) in [6.45, 7) is 0. The van der Waals surface area contributed by atoms with Gasteiger partial charge < -0.3 is 43.4 Å².